The summed E-state index contributed by atoms with van der Waals surface area (Å²) in [6.07, 6.45) is -0.553. The molecule has 0 saturated carbocycles. The molecule has 1 heterocycles. The number of nitriles is 1. The standard InChI is InChI=1S/C20H22ClN3O2/c1-14(25)13-26-18-6-7-19(16(10-18)11-22)24-9-8-23-12-20(24)15-2-4-17(21)5-3-15/h2-7,10,14,20,23,25H,8-9,12-13H2,1H3/t14-,20-/m0/s1. The first kappa shape index (κ1) is 18.5. The van der Waals surface area contributed by atoms with Gasteiger partial charge < -0.3 is 20.1 Å². The highest BCUT2D eigenvalue weighted by atomic mass is 35.5. The van der Waals surface area contributed by atoms with Crippen LogP contribution in [-0.4, -0.2) is 37.5 Å². The van der Waals surface area contributed by atoms with Crippen LogP contribution in [0, 0.1) is 11.3 Å². The Bertz CT molecular complexity index is 787. The zero-order valence-electron chi connectivity index (χ0n) is 14.7. The van der Waals surface area contributed by atoms with Crippen molar-refractivity contribution in [2.24, 2.45) is 0 Å². The molecular formula is C20H22ClN3O2. The van der Waals surface area contributed by atoms with Gasteiger partial charge in [-0.15, -0.1) is 0 Å². The highest BCUT2D eigenvalue weighted by Gasteiger charge is 2.26. The molecule has 0 bridgehead atoms. The molecule has 5 nitrogen and oxygen atoms in total. The van der Waals surface area contributed by atoms with Crippen molar-refractivity contribution in [3.05, 3.63) is 58.6 Å². The Morgan fingerprint density at radius 3 is 2.81 bits per heavy atom. The molecule has 6 heteroatoms. The summed E-state index contributed by atoms with van der Waals surface area (Å²) in [5, 5.41) is 23.1. The molecule has 0 aliphatic carbocycles. The minimum absolute atomic E-state index is 0.123. The SMILES string of the molecule is C[C@H](O)COc1ccc(N2CCNC[C@H]2c2ccc(Cl)cc2)c(C#N)c1. The Morgan fingerprint density at radius 1 is 1.35 bits per heavy atom. The van der Waals surface area contributed by atoms with Gasteiger partial charge in [-0.3, -0.25) is 0 Å². The number of aliphatic hydroxyl groups excluding tert-OH is 1. The van der Waals surface area contributed by atoms with Gasteiger partial charge in [0.15, 0.2) is 0 Å². The first-order chi connectivity index (χ1) is 12.6. The number of ether oxygens (including phenoxy) is 1. The fraction of sp³-hybridized carbons (Fsp3) is 0.350. The number of nitrogens with one attached hydrogen (secondary N) is 1. The van der Waals surface area contributed by atoms with Crippen LogP contribution in [0.1, 0.15) is 24.1 Å². The average Bonchev–Trinajstić information content (AvgIpc) is 2.67. The molecule has 2 atom stereocenters. The van der Waals surface area contributed by atoms with E-state index in [2.05, 4.69) is 16.3 Å². The lowest BCUT2D eigenvalue weighted by Crippen LogP contribution is -2.46. The second-order valence-electron chi connectivity index (χ2n) is 6.42. The number of aliphatic hydroxyl groups is 1. The zero-order valence-corrected chi connectivity index (χ0v) is 15.4. The van der Waals surface area contributed by atoms with E-state index in [1.54, 1.807) is 13.0 Å². The van der Waals surface area contributed by atoms with Gasteiger partial charge in [0.1, 0.15) is 18.4 Å². The molecule has 0 amide bonds. The number of hydrogen-bond acceptors (Lipinski definition) is 5. The normalized spacial score (nSPS) is 18.2. The number of piperazine rings is 1. The van der Waals surface area contributed by atoms with Gasteiger partial charge in [-0.1, -0.05) is 23.7 Å². The Hall–Kier alpha value is -2.26. The Labute approximate surface area is 158 Å². The van der Waals surface area contributed by atoms with E-state index in [0.717, 1.165) is 30.9 Å². The van der Waals surface area contributed by atoms with Gasteiger partial charge in [0.25, 0.3) is 0 Å². The first-order valence-electron chi connectivity index (χ1n) is 8.66. The number of hydrogen-bond donors (Lipinski definition) is 2. The van der Waals surface area contributed by atoms with Crippen LogP contribution >= 0.6 is 11.6 Å². The van der Waals surface area contributed by atoms with Gasteiger partial charge in [0.2, 0.25) is 0 Å². The van der Waals surface area contributed by atoms with Gasteiger partial charge >= 0.3 is 0 Å². The molecule has 1 aliphatic rings. The second-order valence-corrected chi connectivity index (χ2v) is 6.85. The van der Waals surface area contributed by atoms with Gasteiger partial charge in [0, 0.05) is 24.7 Å². The fourth-order valence-electron chi connectivity index (χ4n) is 3.14. The highest BCUT2D eigenvalue weighted by Crippen LogP contribution is 2.33. The third kappa shape index (κ3) is 4.28. The van der Waals surface area contributed by atoms with E-state index < -0.39 is 6.10 Å². The number of halogens is 1. The van der Waals surface area contributed by atoms with Crippen molar-refractivity contribution in [1.29, 1.82) is 5.26 Å². The predicted molar refractivity (Wildman–Crippen MR) is 103 cm³/mol. The third-order valence-electron chi connectivity index (χ3n) is 4.39. The van der Waals surface area contributed by atoms with Crippen LogP contribution in [0.3, 0.4) is 0 Å². The first-order valence-corrected chi connectivity index (χ1v) is 9.04. The van der Waals surface area contributed by atoms with E-state index in [9.17, 15) is 10.4 Å². The quantitative estimate of drug-likeness (QED) is 0.845. The van der Waals surface area contributed by atoms with E-state index in [4.69, 9.17) is 16.3 Å². The maximum atomic E-state index is 9.63. The lowest BCUT2D eigenvalue weighted by molar-refractivity contribution is 0.122. The van der Waals surface area contributed by atoms with E-state index in [1.165, 1.54) is 0 Å². The van der Waals surface area contributed by atoms with E-state index in [-0.39, 0.29) is 12.6 Å². The molecule has 2 aromatic carbocycles. The summed E-state index contributed by atoms with van der Waals surface area (Å²) < 4.78 is 5.53. The van der Waals surface area contributed by atoms with Crippen LogP contribution in [-0.2, 0) is 0 Å². The smallest absolute Gasteiger partial charge is 0.120 e. The number of rotatable bonds is 5. The summed E-state index contributed by atoms with van der Waals surface area (Å²) in [5.74, 6) is 0.587. The molecule has 136 valence electrons. The van der Waals surface area contributed by atoms with Crippen LogP contribution in [0.15, 0.2) is 42.5 Å². The molecule has 0 spiro atoms. The predicted octanol–water partition coefficient (Wildman–Crippen LogP) is 3.12. The second kappa shape index (κ2) is 8.41. The van der Waals surface area contributed by atoms with Crippen molar-refractivity contribution in [2.75, 3.05) is 31.1 Å². The third-order valence-corrected chi connectivity index (χ3v) is 4.64. The van der Waals surface area contributed by atoms with Crippen LogP contribution < -0.4 is 15.0 Å². The van der Waals surface area contributed by atoms with E-state index in [1.807, 2.05) is 36.4 Å². The topological polar surface area (TPSA) is 68.5 Å². The van der Waals surface area contributed by atoms with Gasteiger partial charge in [-0.05, 0) is 42.8 Å². The summed E-state index contributed by atoms with van der Waals surface area (Å²) in [5.41, 5.74) is 2.60. The lowest BCUT2D eigenvalue weighted by atomic mass is 10.0. The molecule has 0 unspecified atom stereocenters. The molecule has 3 rings (SSSR count). The number of anilines is 1. The maximum Gasteiger partial charge on any atom is 0.120 e. The number of benzene rings is 2. The van der Waals surface area contributed by atoms with Crippen LogP contribution in [0.4, 0.5) is 5.69 Å². The highest BCUT2D eigenvalue weighted by molar-refractivity contribution is 6.30. The molecule has 26 heavy (non-hydrogen) atoms. The molecule has 1 saturated heterocycles. The molecule has 1 aliphatic heterocycles. The Morgan fingerprint density at radius 2 is 2.12 bits per heavy atom. The van der Waals surface area contributed by atoms with Gasteiger partial charge in [-0.2, -0.15) is 5.26 Å². The average molecular weight is 372 g/mol. The number of nitrogens with zero attached hydrogens (tertiary/aromatic N) is 2. The lowest BCUT2D eigenvalue weighted by Gasteiger charge is -2.38. The zero-order chi connectivity index (χ0) is 18.5. The minimum Gasteiger partial charge on any atom is -0.491 e. The van der Waals surface area contributed by atoms with Crippen molar-refractivity contribution < 1.29 is 9.84 Å². The van der Waals surface area contributed by atoms with E-state index in [0.29, 0.717) is 16.3 Å². The minimum atomic E-state index is -0.553. The van der Waals surface area contributed by atoms with Gasteiger partial charge in [-0.25, -0.2) is 0 Å². The molecule has 1 fully saturated rings. The molecular weight excluding hydrogens is 350 g/mol. The fourth-order valence-corrected chi connectivity index (χ4v) is 3.26. The molecule has 2 aromatic rings. The Kier molecular flexibility index (Phi) is 6.00. The summed E-state index contributed by atoms with van der Waals surface area (Å²) in [6.45, 7) is 4.32. The molecule has 2 N–H and O–H groups in total. The Balaban J connectivity index is 1.89. The van der Waals surface area contributed by atoms with Gasteiger partial charge in [0.05, 0.1) is 23.4 Å². The monoisotopic (exact) mass is 371 g/mol. The van der Waals surface area contributed by atoms with Crippen LogP contribution in [0.5, 0.6) is 5.75 Å². The maximum absolute atomic E-state index is 9.63. The molecule has 0 radical (unpaired) electrons. The van der Waals surface area contributed by atoms with Crippen molar-refractivity contribution in [3.63, 3.8) is 0 Å². The van der Waals surface area contributed by atoms with Crippen molar-refractivity contribution in [1.82, 2.24) is 5.32 Å². The van der Waals surface area contributed by atoms with Crippen molar-refractivity contribution >= 4 is 17.3 Å². The van der Waals surface area contributed by atoms with Crippen molar-refractivity contribution in [3.8, 4) is 11.8 Å². The summed E-state index contributed by atoms with van der Waals surface area (Å²) in [6, 6.07) is 15.7. The van der Waals surface area contributed by atoms with Crippen LogP contribution in [0.25, 0.3) is 0 Å². The summed E-state index contributed by atoms with van der Waals surface area (Å²) >= 11 is 6.02. The van der Waals surface area contributed by atoms with Crippen LogP contribution in [0.2, 0.25) is 5.02 Å². The summed E-state index contributed by atoms with van der Waals surface area (Å²) in [7, 11) is 0. The van der Waals surface area contributed by atoms with E-state index >= 15 is 0 Å². The molecule has 0 aromatic heterocycles. The largest absolute Gasteiger partial charge is 0.491 e. The van der Waals surface area contributed by atoms with Crippen molar-refractivity contribution in [2.45, 2.75) is 19.1 Å². The summed E-state index contributed by atoms with van der Waals surface area (Å²) in [4.78, 5) is 2.25.